The molecule has 0 spiro atoms. The molecule has 4 heterocycles. The summed E-state index contributed by atoms with van der Waals surface area (Å²) < 4.78 is 2.01. The van der Waals surface area contributed by atoms with E-state index in [1.807, 2.05) is 23.9 Å². The van der Waals surface area contributed by atoms with Crippen molar-refractivity contribution in [2.75, 3.05) is 36.0 Å². The van der Waals surface area contributed by atoms with Crippen LogP contribution in [0.5, 0.6) is 0 Å². The Morgan fingerprint density at radius 3 is 2.68 bits per heavy atom. The number of hydrogen-bond acceptors (Lipinski definition) is 7. The van der Waals surface area contributed by atoms with Crippen LogP contribution < -0.4 is 9.80 Å². The maximum Gasteiger partial charge on any atom is 0.227 e. The van der Waals surface area contributed by atoms with Crippen molar-refractivity contribution >= 4 is 11.8 Å². The number of piperidine rings is 2. The highest BCUT2D eigenvalue weighted by atomic mass is 16.3. The van der Waals surface area contributed by atoms with Crippen molar-refractivity contribution < 1.29 is 5.11 Å². The Bertz CT molecular complexity index is 711. The van der Waals surface area contributed by atoms with E-state index in [0.29, 0.717) is 12.5 Å². The third-order valence-corrected chi connectivity index (χ3v) is 5.24. The molecule has 2 aliphatic rings. The number of aryl methyl sites for hydroxylation is 1. The van der Waals surface area contributed by atoms with Crippen molar-refractivity contribution in [1.29, 1.82) is 0 Å². The van der Waals surface area contributed by atoms with Crippen molar-refractivity contribution in [2.45, 2.75) is 37.7 Å². The average molecular weight is 343 g/mol. The Balaban J connectivity index is 1.43. The second-order valence-corrected chi connectivity index (χ2v) is 7.02. The van der Waals surface area contributed by atoms with E-state index in [2.05, 4.69) is 25.0 Å². The highest BCUT2D eigenvalue weighted by Gasteiger charge is 2.26. The molecular formula is C17H25N7O. The Labute approximate surface area is 147 Å². The number of β-amino-alcohol motifs (C(OH)–C–C–N with tert-alkyl or cyclic N) is 1. The molecule has 2 aliphatic heterocycles. The van der Waals surface area contributed by atoms with E-state index in [-0.39, 0.29) is 6.10 Å². The molecule has 8 heteroatoms. The SMILES string of the molecule is Cn1cnnc1C1CCN(c2nccc(N3CCCC(O)C3)n2)CC1. The standard InChI is InChI=1S/C17H25N7O/c1-22-12-19-21-16(22)13-5-9-23(10-6-13)17-18-7-4-15(20-17)24-8-2-3-14(25)11-24/h4,7,12-14,25H,2-3,5-6,8-11H2,1H3. The minimum atomic E-state index is -0.255. The summed E-state index contributed by atoms with van der Waals surface area (Å²) in [6, 6.07) is 1.94. The summed E-state index contributed by atoms with van der Waals surface area (Å²) in [5.41, 5.74) is 0. The molecule has 0 radical (unpaired) electrons. The lowest BCUT2D eigenvalue weighted by Crippen LogP contribution is -2.39. The summed E-state index contributed by atoms with van der Waals surface area (Å²) in [6.45, 7) is 3.44. The number of nitrogens with zero attached hydrogens (tertiary/aromatic N) is 7. The molecule has 0 bridgehead atoms. The molecule has 0 saturated carbocycles. The molecule has 8 nitrogen and oxygen atoms in total. The first-order valence-corrected chi connectivity index (χ1v) is 9.05. The fourth-order valence-electron chi connectivity index (χ4n) is 3.83. The topological polar surface area (TPSA) is 83.2 Å². The molecule has 4 rings (SSSR count). The third kappa shape index (κ3) is 3.44. The predicted molar refractivity (Wildman–Crippen MR) is 94.7 cm³/mol. The molecule has 2 aromatic heterocycles. The van der Waals surface area contributed by atoms with Crippen molar-refractivity contribution in [3.63, 3.8) is 0 Å². The summed E-state index contributed by atoms with van der Waals surface area (Å²) >= 11 is 0. The molecule has 2 fully saturated rings. The summed E-state index contributed by atoms with van der Waals surface area (Å²) in [7, 11) is 2.00. The predicted octanol–water partition coefficient (Wildman–Crippen LogP) is 0.950. The molecule has 2 aromatic rings. The molecule has 0 aliphatic carbocycles. The summed E-state index contributed by atoms with van der Waals surface area (Å²) in [5, 5.41) is 18.1. The first kappa shape index (κ1) is 16.3. The minimum Gasteiger partial charge on any atom is -0.391 e. The van der Waals surface area contributed by atoms with E-state index in [0.717, 1.165) is 62.9 Å². The van der Waals surface area contributed by atoms with E-state index >= 15 is 0 Å². The van der Waals surface area contributed by atoms with Gasteiger partial charge in [0.25, 0.3) is 0 Å². The quantitative estimate of drug-likeness (QED) is 0.888. The first-order valence-electron chi connectivity index (χ1n) is 9.05. The number of anilines is 2. The van der Waals surface area contributed by atoms with Crippen molar-refractivity contribution in [1.82, 2.24) is 24.7 Å². The lowest BCUT2D eigenvalue weighted by molar-refractivity contribution is 0.154. The zero-order valence-corrected chi connectivity index (χ0v) is 14.6. The van der Waals surface area contributed by atoms with Gasteiger partial charge in [-0.3, -0.25) is 0 Å². The number of rotatable bonds is 3. The van der Waals surface area contributed by atoms with Gasteiger partial charge in [-0.05, 0) is 31.7 Å². The molecule has 25 heavy (non-hydrogen) atoms. The lowest BCUT2D eigenvalue weighted by Gasteiger charge is -2.33. The average Bonchev–Trinajstić information content (AvgIpc) is 3.08. The van der Waals surface area contributed by atoms with Crippen molar-refractivity contribution in [2.24, 2.45) is 7.05 Å². The van der Waals surface area contributed by atoms with Crippen LogP contribution in [0.15, 0.2) is 18.6 Å². The third-order valence-electron chi connectivity index (χ3n) is 5.24. The number of aliphatic hydroxyl groups is 1. The van der Waals surface area contributed by atoms with Crippen LogP contribution >= 0.6 is 0 Å². The second kappa shape index (κ2) is 6.95. The largest absolute Gasteiger partial charge is 0.391 e. The van der Waals surface area contributed by atoms with Gasteiger partial charge >= 0.3 is 0 Å². The second-order valence-electron chi connectivity index (χ2n) is 7.02. The van der Waals surface area contributed by atoms with Gasteiger partial charge in [-0.15, -0.1) is 10.2 Å². The van der Waals surface area contributed by atoms with Crippen LogP contribution in [0.25, 0.3) is 0 Å². The van der Waals surface area contributed by atoms with E-state index in [1.165, 1.54) is 0 Å². The van der Waals surface area contributed by atoms with E-state index in [9.17, 15) is 5.11 Å². The van der Waals surface area contributed by atoms with Gasteiger partial charge in [0.2, 0.25) is 5.95 Å². The van der Waals surface area contributed by atoms with Gasteiger partial charge in [0, 0.05) is 45.3 Å². The van der Waals surface area contributed by atoms with Crippen LogP contribution in [0.3, 0.4) is 0 Å². The molecule has 1 N–H and O–H groups in total. The Hall–Kier alpha value is -2.22. The molecule has 0 aromatic carbocycles. The van der Waals surface area contributed by atoms with Gasteiger partial charge < -0.3 is 19.5 Å². The first-order chi connectivity index (χ1) is 12.2. The van der Waals surface area contributed by atoms with Crippen LogP contribution in [0.2, 0.25) is 0 Å². The normalized spacial score (nSPS) is 22.4. The fourth-order valence-corrected chi connectivity index (χ4v) is 3.83. The van der Waals surface area contributed by atoms with Crippen LogP contribution in [-0.2, 0) is 7.05 Å². The van der Waals surface area contributed by atoms with Gasteiger partial charge in [-0.2, -0.15) is 4.98 Å². The van der Waals surface area contributed by atoms with Crippen LogP contribution in [-0.4, -0.2) is 62.1 Å². The van der Waals surface area contributed by atoms with Crippen molar-refractivity contribution in [3.05, 3.63) is 24.4 Å². The Kier molecular flexibility index (Phi) is 4.52. The summed E-state index contributed by atoms with van der Waals surface area (Å²) in [4.78, 5) is 13.6. The van der Waals surface area contributed by atoms with E-state index < -0.39 is 0 Å². The number of hydrogen-bond donors (Lipinski definition) is 1. The molecule has 0 amide bonds. The number of aromatic nitrogens is 5. The lowest BCUT2D eigenvalue weighted by atomic mass is 9.96. The van der Waals surface area contributed by atoms with Gasteiger partial charge in [-0.25, -0.2) is 4.98 Å². The molecule has 1 unspecified atom stereocenters. The maximum atomic E-state index is 9.89. The molecule has 134 valence electrons. The van der Waals surface area contributed by atoms with E-state index in [1.54, 1.807) is 6.33 Å². The van der Waals surface area contributed by atoms with E-state index in [4.69, 9.17) is 4.98 Å². The highest BCUT2D eigenvalue weighted by molar-refractivity contribution is 5.44. The molecular weight excluding hydrogens is 318 g/mol. The monoisotopic (exact) mass is 343 g/mol. The van der Waals surface area contributed by atoms with Crippen LogP contribution in [0.4, 0.5) is 11.8 Å². The Morgan fingerprint density at radius 1 is 1.12 bits per heavy atom. The highest BCUT2D eigenvalue weighted by Crippen LogP contribution is 2.28. The maximum absolute atomic E-state index is 9.89. The summed E-state index contributed by atoms with van der Waals surface area (Å²) in [5.74, 6) is 3.22. The van der Waals surface area contributed by atoms with Gasteiger partial charge in [0.15, 0.2) is 0 Å². The van der Waals surface area contributed by atoms with Crippen LogP contribution in [0, 0.1) is 0 Å². The van der Waals surface area contributed by atoms with Crippen LogP contribution in [0.1, 0.15) is 37.4 Å². The molecule has 2 saturated heterocycles. The smallest absolute Gasteiger partial charge is 0.227 e. The number of aliphatic hydroxyl groups excluding tert-OH is 1. The van der Waals surface area contributed by atoms with Gasteiger partial charge in [0.05, 0.1) is 6.10 Å². The van der Waals surface area contributed by atoms with Gasteiger partial charge in [0.1, 0.15) is 18.0 Å². The molecule has 1 atom stereocenters. The fraction of sp³-hybridized carbons (Fsp3) is 0.647. The minimum absolute atomic E-state index is 0.255. The zero-order valence-electron chi connectivity index (χ0n) is 14.6. The summed E-state index contributed by atoms with van der Waals surface area (Å²) in [6.07, 6.45) is 7.28. The zero-order chi connectivity index (χ0) is 17.2. The van der Waals surface area contributed by atoms with Gasteiger partial charge in [-0.1, -0.05) is 0 Å². The Morgan fingerprint density at radius 2 is 1.96 bits per heavy atom. The van der Waals surface area contributed by atoms with Crippen molar-refractivity contribution in [3.8, 4) is 0 Å².